The monoisotopic (exact) mass is 323 g/mol. The van der Waals surface area contributed by atoms with Crippen LogP contribution in [0.2, 0.25) is 0 Å². The van der Waals surface area contributed by atoms with Gasteiger partial charge in [0.15, 0.2) is 0 Å². The fourth-order valence-electron chi connectivity index (χ4n) is 2.64. The molecule has 1 amide bonds. The maximum absolute atomic E-state index is 11.8. The predicted molar refractivity (Wildman–Crippen MR) is 80.6 cm³/mol. The first-order chi connectivity index (χ1) is 9.10. The summed E-state index contributed by atoms with van der Waals surface area (Å²) in [5, 5.41) is 5.98. The minimum Gasteiger partial charge on any atom is -0.373 e. The van der Waals surface area contributed by atoms with Gasteiger partial charge >= 0.3 is 0 Å². The lowest BCUT2D eigenvalue weighted by atomic mass is 10.1. The molecule has 3 rings (SSSR count). The molecule has 102 valence electrons. The van der Waals surface area contributed by atoms with Crippen molar-refractivity contribution in [1.82, 2.24) is 5.32 Å². The molecule has 0 spiro atoms. The Morgan fingerprint density at radius 1 is 1.47 bits per heavy atom. The zero-order valence-corrected chi connectivity index (χ0v) is 12.8. The average Bonchev–Trinajstić information content (AvgIpc) is 3.11. The van der Waals surface area contributed by atoms with E-state index in [0.717, 1.165) is 33.9 Å². The molecule has 4 nitrogen and oxygen atoms in total. The van der Waals surface area contributed by atoms with E-state index in [1.807, 2.05) is 6.07 Å². The van der Waals surface area contributed by atoms with Gasteiger partial charge in [-0.1, -0.05) is 0 Å². The number of nitrogens with one attached hydrogen (secondary N) is 2. The highest BCUT2D eigenvalue weighted by molar-refractivity contribution is 9.10. The Kier molecular flexibility index (Phi) is 3.27. The van der Waals surface area contributed by atoms with Gasteiger partial charge in [0.05, 0.1) is 5.69 Å². The summed E-state index contributed by atoms with van der Waals surface area (Å²) in [6, 6.07) is 3.87. The van der Waals surface area contributed by atoms with Gasteiger partial charge in [-0.05, 0) is 53.9 Å². The Morgan fingerprint density at radius 3 is 2.84 bits per heavy atom. The number of carbonyl (C=O) groups excluding carboxylic acids is 1. The molecule has 19 heavy (non-hydrogen) atoms. The molecule has 1 atom stereocenters. The molecule has 0 aromatic heterocycles. The van der Waals surface area contributed by atoms with Crippen LogP contribution in [-0.2, 0) is 4.79 Å². The second-order valence-corrected chi connectivity index (χ2v) is 6.28. The molecule has 0 radical (unpaired) electrons. The quantitative estimate of drug-likeness (QED) is 0.894. The number of likely N-dealkylation sites (N-methyl/N-ethyl adjacent to an activating group) is 1. The number of hydrogen-bond donors (Lipinski definition) is 2. The number of halogens is 1. The average molecular weight is 324 g/mol. The van der Waals surface area contributed by atoms with E-state index in [1.54, 1.807) is 7.05 Å². The van der Waals surface area contributed by atoms with Gasteiger partial charge in [-0.25, -0.2) is 0 Å². The first-order valence-electron chi connectivity index (χ1n) is 6.63. The Bertz CT molecular complexity index is 528. The molecular weight excluding hydrogens is 306 g/mol. The van der Waals surface area contributed by atoms with Crippen LogP contribution in [-0.4, -0.2) is 26.5 Å². The third kappa shape index (κ3) is 2.37. The summed E-state index contributed by atoms with van der Waals surface area (Å²) in [7, 11) is 3.91. The fourth-order valence-corrected chi connectivity index (χ4v) is 3.30. The summed E-state index contributed by atoms with van der Waals surface area (Å²) in [6.45, 7) is 1.08. The molecular formula is C14H18BrN3O. The number of rotatable bonds is 4. The molecule has 1 unspecified atom stereocenters. The third-order valence-corrected chi connectivity index (χ3v) is 4.51. The van der Waals surface area contributed by atoms with Crippen LogP contribution in [0.25, 0.3) is 0 Å². The van der Waals surface area contributed by atoms with Crippen LogP contribution in [0.3, 0.4) is 0 Å². The molecule has 0 saturated heterocycles. The lowest BCUT2D eigenvalue weighted by Gasteiger charge is -2.21. The van der Waals surface area contributed by atoms with E-state index in [4.69, 9.17) is 0 Å². The number of fused-ring (bicyclic) bond motifs is 1. The summed E-state index contributed by atoms with van der Waals surface area (Å²) in [6.07, 6.45) is 2.68. The lowest BCUT2D eigenvalue weighted by Crippen LogP contribution is -2.23. The maximum atomic E-state index is 11.8. The van der Waals surface area contributed by atoms with E-state index in [1.165, 1.54) is 12.8 Å². The van der Waals surface area contributed by atoms with Crippen LogP contribution in [0.1, 0.15) is 24.4 Å². The summed E-state index contributed by atoms with van der Waals surface area (Å²) < 4.78 is 1.05. The first kappa shape index (κ1) is 12.9. The van der Waals surface area contributed by atoms with Gasteiger partial charge in [-0.2, -0.15) is 0 Å². The maximum Gasteiger partial charge on any atom is 0.246 e. The van der Waals surface area contributed by atoms with Gasteiger partial charge in [-0.15, -0.1) is 0 Å². The number of benzene rings is 1. The standard InChI is InChI=1S/C14H18BrN3O/c1-16-13-9-5-10(15)12(6-11(9)17-14(13)19)18(2)7-8-3-4-8/h5-6,8,13,16H,3-4,7H2,1-2H3,(H,17,19). The fraction of sp³-hybridized carbons (Fsp3) is 0.500. The number of nitrogens with zero attached hydrogens (tertiary/aromatic N) is 1. The van der Waals surface area contributed by atoms with Gasteiger partial charge in [-0.3, -0.25) is 4.79 Å². The van der Waals surface area contributed by atoms with Gasteiger partial charge in [0.1, 0.15) is 6.04 Å². The predicted octanol–water partition coefficient (Wildman–Crippen LogP) is 2.51. The molecule has 1 aromatic carbocycles. The Morgan fingerprint density at radius 2 is 2.21 bits per heavy atom. The highest BCUT2D eigenvalue weighted by Gasteiger charge is 2.31. The smallest absolute Gasteiger partial charge is 0.246 e. The van der Waals surface area contributed by atoms with Crippen LogP contribution in [0.15, 0.2) is 16.6 Å². The number of carbonyl (C=O) groups is 1. The van der Waals surface area contributed by atoms with E-state index in [0.29, 0.717) is 0 Å². The van der Waals surface area contributed by atoms with Crippen molar-refractivity contribution in [2.24, 2.45) is 5.92 Å². The van der Waals surface area contributed by atoms with Crippen molar-refractivity contribution >= 4 is 33.2 Å². The normalized spacial score (nSPS) is 21.2. The number of hydrogen-bond acceptors (Lipinski definition) is 3. The summed E-state index contributed by atoms with van der Waals surface area (Å²) in [4.78, 5) is 14.1. The van der Waals surface area contributed by atoms with Crippen molar-refractivity contribution in [3.63, 3.8) is 0 Å². The van der Waals surface area contributed by atoms with Gasteiger partial charge in [0, 0.05) is 29.3 Å². The molecule has 1 fully saturated rings. The van der Waals surface area contributed by atoms with Crippen molar-refractivity contribution in [3.8, 4) is 0 Å². The summed E-state index contributed by atoms with van der Waals surface area (Å²) in [5.41, 5.74) is 3.08. The van der Waals surface area contributed by atoms with Crippen LogP contribution in [0, 0.1) is 5.92 Å². The Balaban J connectivity index is 1.91. The minimum absolute atomic E-state index is 0.0198. The zero-order valence-electron chi connectivity index (χ0n) is 11.2. The first-order valence-corrected chi connectivity index (χ1v) is 7.42. The molecule has 5 heteroatoms. The van der Waals surface area contributed by atoms with Gasteiger partial charge in [0.2, 0.25) is 5.91 Å². The minimum atomic E-state index is -0.242. The molecule has 2 aliphatic rings. The summed E-state index contributed by atoms with van der Waals surface area (Å²) in [5.74, 6) is 0.858. The van der Waals surface area contributed by atoms with Gasteiger partial charge < -0.3 is 15.5 Å². The molecule has 2 N–H and O–H groups in total. The third-order valence-electron chi connectivity index (χ3n) is 3.88. The van der Waals surface area contributed by atoms with Crippen molar-refractivity contribution in [3.05, 3.63) is 22.2 Å². The molecule has 1 saturated carbocycles. The second-order valence-electron chi connectivity index (χ2n) is 5.43. The number of amides is 1. The molecule has 0 bridgehead atoms. The van der Waals surface area contributed by atoms with E-state index in [-0.39, 0.29) is 11.9 Å². The van der Waals surface area contributed by atoms with Crippen molar-refractivity contribution in [2.45, 2.75) is 18.9 Å². The second kappa shape index (κ2) is 4.80. The lowest BCUT2D eigenvalue weighted by molar-refractivity contribution is -0.117. The van der Waals surface area contributed by atoms with Gasteiger partial charge in [0.25, 0.3) is 0 Å². The van der Waals surface area contributed by atoms with E-state index < -0.39 is 0 Å². The molecule has 1 aromatic rings. The topological polar surface area (TPSA) is 44.4 Å². The molecule has 1 heterocycles. The zero-order chi connectivity index (χ0) is 13.6. The Hall–Kier alpha value is -1.07. The van der Waals surface area contributed by atoms with Crippen LogP contribution in [0.5, 0.6) is 0 Å². The largest absolute Gasteiger partial charge is 0.373 e. The van der Waals surface area contributed by atoms with Crippen molar-refractivity contribution in [1.29, 1.82) is 0 Å². The SMILES string of the molecule is CNC1C(=O)Nc2cc(N(C)CC3CC3)c(Br)cc21. The Labute approximate surface area is 121 Å². The van der Waals surface area contributed by atoms with Crippen LogP contribution in [0.4, 0.5) is 11.4 Å². The highest BCUT2D eigenvalue weighted by Crippen LogP contribution is 2.40. The van der Waals surface area contributed by atoms with Crippen molar-refractivity contribution < 1.29 is 4.79 Å². The van der Waals surface area contributed by atoms with Crippen LogP contribution < -0.4 is 15.5 Å². The molecule has 1 aliphatic heterocycles. The van der Waals surface area contributed by atoms with E-state index in [2.05, 4.69) is 44.6 Å². The number of anilines is 2. The van der Waals surface area contributed by atoms with E-state index >= 15 is 0 Å². The molecule has 1 aliphatic carbocycles. The van der Waals surface area contributed by atoms with Crippen molar-refractivity contribution in [2.75, 3.05) is 30.9 Å². The van der Waals surface area contributed by atoms with Crippen LogP contribution >= 0.6 is 15.9 Å². The van der Waals surface area contributed by atoms with E-state index in [9.17, 15) is 4.79 Å². The summed E-state index contributed by atoms with van der Waals surface area (Å²) >= 11 is 3.63. The highest BCUT2D eigenvalue weighted by atomic mass is 79.9.